The number of nitrogens with one attached hydrogen (secondary N) is 2. The number of hydrogen-bond acceptors (Lipinski definition) is 3. The van der Waals surface area contributed by atoms with Crippen LogP contribution in [0.25, 0.3) is 5.69 Å². The van der Waals surface area contributed by atoms with E-state index in [-0.39, 0.29) is 11.5 Å². The van der Waals surface area contributed by atoms with E-state index in [1.54, 1.807) is 18.2 Å². The monoisotopic (exact) mass is 424 g/mol. The first-order valence-corrected chi connectivity index (χ1v) is 10.5. The number of nitrogens with zero attached hydrogens (tertiary/aromatic N) is 2. The van der Waals surface area contributed by atoms with E-state index in [0.29, 0.717) is 29.1 Å². The Labute approximate surface area is 186 Å². The lowest BCUT2D eigenvalue weighted by molar-refractivity contribution is 0.0955. The van der Waals surface area contributed by atoms with Crippen LogP contribution in [0.1, 0.15) is 27.2 Å². The number of hydrogen-bond donors (Lipinski definition) is 2. The summed E-state index contributed by atoms with van der Waals surface area (Å²) in [6, 6.07) is 26.5. The summed E-state index contributed by atoms with van der Waals surface area (Å²) < 4.78 is 1.49. The van der Waals surface area contributed by atoms with Crippen molar-refractivity contribution in [3.8, 4) is 5.69 Å². The number of benzene rings is 3. The normalized spacial score (nSPS) is 11.0. The topological polar surface area (TPSA) is 79.2 Å². The SMILES string of the molecule is Cc1[nH]n(-c2ccccc2)c(=O)c1C=Nc1ccccc1C(=O)NCCc1ccccc1. The first kappa shape index (κ1) is 21.1. The van der Waals surface area contributed by atoms with Crippen molar-refractivity contribution in [2.24, 2.45) is 4.99 Å². The molecule has 0 atom stereocenters. The molecule has 6 nitrogen and oxygen atoms in total. The summed E-state index contributed by atoms with van der Waals surface area (Å²) in [6.45, 7) is 2.35. The van der Waals surface area contributed by atoms with Gasteiger partial charge in [-0.3, -0.25) is 19.7 Å². The minimum absolute atomic E-state index is 0.192. The fourth-order valence-corrected chi connectivity index (χ4v) is 3.44. The molecule has 0 aliphatic carbocycles. The van der Waals surface area contributed by atoms with Gasteiger partial charge in [0.25, 0.3) is 11.5 Å². The number of aliphatic imine (C=N–C) groups is 1. The minimum atomic E-state index is -0.193. The van der Waals surface area contributed by atoms with Crippen LogP contribution < -0.4 is 10.9 Å². The number of aromatic nitrogens is 2. The number of rotatable bonds is 7. The number of aryl methyl sites for hydroxylation is 1. The van der Waals surface area contributed by atoms with Crippen LogP contribution in [-0.2, 0) is 6.42 Å². The van der Waals surface area contributed by atoms with Crippen LogP contribution in [0.2, 0.25) is 0 Å². The highest BCUT2D eigenvalue weighted by Crippen LogP contribution is 2.19. The summed E-state index contributed by atoms with van der Waals surface area (Å²) in [4.78, 5) is 30.1. The van der Waals surface area contributed by atoms with Crippen molar-refractivity contribution >= 4 is 17.8 Å². The lowest BCUT2D eigenvalue weighted by atomic mass is 10.1. The van der Waals surface area contributed by atoms with Crippen LogP contribution in [0.3, 0.4) is 0 Å². The number of amides is 1. The van der Waals surface area contributed by atoms with Gasteiger partial charge in [0.15, 0.2) is 0 Å². The predicted molar refractivity (Wildman–Crippen MR) is 127 cm³/mol. The standard InChI is InChI=1S/C26H24N4O2/c1-19-23(26(32)30(29-19)21-12-6-3-7-13-21)18-28-24-15-9-8-14-22(24)25(31)27-17-16-20-10-4-2-5-11-20/h2-15,18,29H,16-17H2,1H3,(H,27,31). The minimum Gasteiger partial charge on any atom is -0.352 e. The summed E-state index contributed by atoms with van der Waals surface area (Å²) in [7, 11) is 0. The molecule has 4 aromatic rings. The van der Waals surface area contributed by atoms with Crippen LogP contribution in [0.5, 0.6) is 0 Å². The Bertz CT molecular complexity index is 1290. The number of carbonyl (C=O) groups excluding carboxylic acids is 1. The fraction of sp³-hybridized carbons (Fsp3) is 0.115. The van der Waals surface area contributed by atoms with Gasteiger partial charge in [-0.1, -0.05) is 60.7 Å². The van der Waals surface area contributed by atoms with E-state index in [0.717, 1.165) is 17.7 Å². The van der Waals surface area contributed by atoms with Crippen molar-refractivity contribution in [3.05, 3.63) is 118 Å². The Hall–Kier alpha value is -4.19. The zero-order valence-corrected chi connectivity index (χ0v) is 17.8. The van der Waals surface area contributed by atoms with Crippen molar-refractivity contribution in [2.75, 3.05) is 6.54 Å². The third-order valence-corrected chi connectivity index (χ3v) is 5.15. The van der Waals surface area contributed by atoms with Crippen LogP contribution in [0.15, 0.2) is 94.7 Å². The molecular weight excluding hydrogens is 400 g/mol. The lowest BCUT2D eigenvalue weighted by Gasteiger charge is -2.07. The molecular formula is C26H24N4O2. The molecule has 0 saturated heterocycles. The highest BCUT2D eigenvalue weighted by atomic mass is 16.1. The Kier molecular flexibility index (Phi) is 6.41. The van der Waals surface area contributed by atoms with Gasteiger partial charge in [-0.25, -0.2) is 4.68 Å². The molecule has 4 rings (SSSR count). The molecule has 160 valence electrons. The number of carbonyl (C=O) groups is 1. The zero-order valence-electron chi connectivity index (χ0n) is 17.8. The van der Waals surface area contributed by atoms with E-state index < -0.39 is 0 Å². The smallest absolute Gasteiger partial charge is 0.280 e. The molecule has 1 aromatic heterocycles. The van der Waals surface area contributed by atoms with E-state index >= 15 is 0 Å². The molecule has 0 spiro atoms. The van der Waals surface area contributed by atoms with E-state index in [1.807, 2.05) is 73.7 Å². The Balaban J connectivity index is 1.51. The molecule has 6 heteroatoms. The second-order valence-corrected chi connectivity index (χ2v) is 7.39. The average Bonchev–Trinajstić information content (AvgIpc) is 3.12. The van der Waals surface area contributed by atoms with Gasteiger partial charge in [-0.05, 0) is 43.2 Å². The van der Waals surface area contributed by atoms with Gasteiger partial charge >= 0.3 is 0 Å². The van der Waals surface area contributed by atoms with Crippen molar-refractivity contribution in [1.82, 2.24) is 15.1 Å². The average molecular weight is 425 g/mol. The van der Waals surface area contributed by atoms with E-state index in [4.69, 9.17) is 0 Å². The molecule has 1 heterocycles. The molecule has 3 aromatic carbocycles. The fourth-order valence-electron chi connectivity index (χ4n) is 3.44. The molecule has 32 heavy (non-hydrogen) atoms. The molecule has 2 N–H and O–H groups in total. The van der Waals surface area contributed by atoms with Gasteiger partial charge in [-0.2, -0.15) is 0 Å². The predicted octanol–water partition coefficient (Wildman–Crippen LogP) is 4.20. The molecule has 0 bridgehead atoms. The van der Waals surface area contributed by atoms with E-state index in [2.05, 4.69) is 15.4 Å². The van der Waals surface area contributed by atoms with Gasteiger partial charge in [0.05, 0.1) is 22.5 Å². The van der Waals surface area contributed by atoms with Crippen molar-refractivity contribution in [1.29, 1.82) is 0 Å². The maximum absolute atomic E-state index is 12.9. The molecule has 1 amide bonds. The summed E-state index contributed by atoms with van der Waals surface area (Å²) in [5.41, 5.74) is 3.85. The zero-order chi connectivity index (χ0) is 22.3. The number of para-hydroxylation sites is 2. The first-order valence-electron chi connectivity index (χ1n) is 10.5. The van der Waals surface area contributed by atoms with Crippen LogP contribution in [-0.4, -0.2) is 28.4 Å². The summed E-state index contributed by atoms with van der Waals surface area (Å²) in [6.07, 6.45) is 2.27. The molecule has 0 aliphatic heterocycles. The van der Waals surface area contributed by atoms with Gasteiger partial charge in [0.1, 0.15) is 0 Å². The highest BCUT2D eigenvalue weighted by Gasteiger charge is 2.12. The third-order valence-electron chi connectivity index (χ3n) is 5.15. The Morgan fingerprint density at radius 2 is 1.62 bits per heavy atom. The highest BCUT2D eigenvalue weighted by molar-refractivity contribution is 6.00. The number of aromatic amines is 1. The summed E-state index contributed by atoms with van der Waals surface area (Å²) >= 11 is 0. The van der Waals surface area contributed by atoms with Crippen LogP contribution in [0.4, 0.5) is 5.69 Å². The van der Waals surface area contributed by atoms with Crippen LogP contribution in [0, 0.1) is 6.92 Å². The number of H-pyrrole nitrogens is 1. The first-order chi connectivity index (χ1) is 15.6. The summed E-state index contributed by atoms with van der Waals surface area (Å²) in [5.74, 6) is -0.193. The van der Waals surface area contributed by atoms with Gasteiger partial charge in [0.2, 0.25) is 0 Å². The maximum Gasteiger partial charge on any atom is 0.280 e. The lowest BCUT2D eigenvalue weighted by Crippen LogP contribution is -2.25. The quantitative estimate of drug-likeness (QED) is 0.436. The van der Waals surface area contributed by atoms with Crippen molar-refractivity contribution in [2.45, 2.75) is 13.3 Å². The van der Waals surface area contributed by atoms with Crippen molar-refractivity contribution < 1.29 is 4.79 Å². The molecule has 0 unspecified atom stereocenters. The second-order valence-electron chi connectivity index (χ2n) is 7.39. The van der Waals surface area contributed by atoms with Gasteiger partial charge in [-0.15, -0.1) is 0 Å². The maximum atomic E-state index is 12.9. The largest absolute Gasteiger partial charge is 0.352 e. The molecule has 0 aliphatic rings. The van der Waals surface area contributed by atoms with Gasteiger partial charge < -0.3 is 5.32 Å². The van der Waals surface area contributed by atoms with Gasteiger partial charge in [0, 0.05) is 18.5 Å². The molecule has 0 fully saturated rings. The second kappa shape index (κ2) is 9.75. The molecule has 0 saturated carbocycles. The molecule has 0 radical (unpaired) electrons. The van der Waals surface area contributed by atoms with Crippen LogP contribution >= 0.6 is 0 Å². The van der Waals surface area contributed by atoms with E-state index in [1.165, 1.54) is 10.9 Å². The van der Waals surface area contributed by atoms with Crippen molar-refractivity contribution in [3.63, 3.8) is 0 Å². The Morgan fingerprint density at radius 1 is 0.969 bits per heavy atom. The Morgan fingerprint density at radius 3 is 2.38 bits per heavy atom. The summed E-state index contributed by atoms with van der Waals surface area (Å²) in [5, 5.41) is 6.03. The third kappa shape index (κ3) is 4.75. The van der Waals surface area contributed by atoms with E-state index in [9.17, 15) is 9.59 Å².